The summed E-state index contributed by atoms with van der Waals surface area (Å²) in [6.45, 7) is 3.44. The highest BCUT2D eigenvalue weighted by Crippen LogP contribution is 2.54. The van der Waals surface area contributed by atoms with Gasteiger partial charge < -0.3 is 15.1 Å². The van der Waals surface area contributed by atoms with Gasteiger partial charge in [0.25, 0.3) is 0 Å². The molecule has 7 nitrogen and oxygen atoms in total. The van der Waals surface area contributed by atoms with Crippen molar-refractivity contribution in [1.82, 2.24) is 4.90 Å². The van der Waals surface area contributed by atoms with Gasteiger partial charge in [0, 0.05) is 11.2 Å². The lowest BCUT2D eigenvalue weighted by molar-refractivity contribution is -0.164. The number of carboxylic acid groups (broad SMARTS) is 2. The highest BCUT2D eigenvalue weighted by molar-refractivity contribution is 8.01. The van der Waals surface area contributed by atoms with Crippen LogP contribution in [0.5, 0.6) is 0 Å². The molecule has 2 aliphatic rings. The highest BCUT2D eigenvalue weighted by Gasteiger charge is 2.63. The molecule has 0 aromatic heterocycles. The summed E-state index contributed by atoms with van der Waals surface area (Å²) in [4.78, 5) is 49.4. The normalized spacial score (nSPS) is 26.9. The van der Waals surface area contributed by atoms with Crippen molar-refractivity contribution in [3.63, 3.8) is 0 Å². The Hall–Kier alpha value is -2.42. The Labute approximate surface area is 158 Å². The summed E-state index contributed by atoms with van der Waals surface area (Å²) in [5.74, 6) is -6.41. The molecule has 0 saturated carbocycles. The summed E-state index contributed by atoms with van der Waals surface area (Å²) in [6.07, 6.45) is -0.302. The first-order chi connectivity index (χ1) is 12.5. The van der Waals surface area contributed by atoms with E-state index in [1.54, 1.807) is 13.8 Å². The molecule has 0 bridgehead atoms. The minimum Gasteiger partial charge on any atom is -0.480 e. The standard InChI is InChI=1S/C18H18FNO6S/c1-18(2)13(17(25)26)20-14(22)10(15(20)27-18)7-11(21)12(16(23)24)8-3-5-9(19)6-4-8/h3-6,10,12-13,15H,7H2,1-2H3,(H,23,24)(H,25,26)/t10-,12-,13+,15-/m1/s1. The van der Waals surface area contributed by atoms with Crippen molar-refractivity contribution in [3.8, 4) is 0 Å². The summed E-state index contributed by atoms with van der Waals surface area (Å²) in [5.41, 5.74) is 0.139. The number of hydrogen-bond acceptors (Lipinski definition) is 5. The van der Waals surface area contributed by atoms with Crippen molar-refractivity contribution < 1.29 is 33.8 Å². The third kappa shape index (κ3) is 3.20. The number of rotatable bonds is 6. The lowest BCUT2D eigenvalue weighted by Crippen LogP contribution is -2.63. The van der Waals surface area contributed by atoms with E-state index in [-0.39, 0.29) is 12.0 Å². The van der Waals surface area contributed by atoms with E-state index in [2.05, 4.69) is 0 Å². The summed E-state index contributed by atoms with van der Waals surface area (Å²) < 4.78 is 12.4. The Morgan fingerprint density at radius 3 is 2.33 bits per heavy atom. The number of halogens is 1. The Morgan fingerprint density at radius 1 is 1.22 bits per heavy atom. The molecule has 2 saturated heterocycles. The number of Topliss-reactive ketones (excluding diaryl/α,β-unsaturated/α-hetero) is 1. The number of fused-ring (bicyclic) bond motifs is 1. The van der Waals surface area contributed by atoms with E-state index in [9.17, 15) is 33.8 Å². The molecule has 2 aliphatic heterocycles. The number of ketones is 1. The number of amides is 1. The van der Waals surface area contributed by atoms with Gasteiger partial charge in [-0.3, -0.25) is 14.4 Å². The van der Waals surface area contributed by atoms with Gasteiger partial charge in [-0.15, -0.1) is 11.8 Å². The molecular formula is C18H18FNO6S. The SMILES string of the molecule is CC1(C)S[C@@H]2[C@H](CC(=O)[C@H](C(=O)O)c3ccc(F)cc3)C(=O)N2[C@H]1C(=O)O. The zero-order chi connectivity index (χ0) is 20.1. The number of β-lactam (4-membered cyclic amide) rings is 1. The number of aliphatic carboxylic acids is 2. The first-order valence-electron chi connectivity index (χ1n) is 8.28. The molecule has 1 aromatic rings. The van der Waals surface area contributed by atoms with Gasteiger partial charge in [-0.25, -0.2) is 9.18 Å². The maximum atomic E-state index is 13.1. The van der Waals surface area contributed by atoms with Crippen LogP contribution in [-0.2, 0) is 19.2 Å². The number of carbonyl (C=O) groups is 4. The molecule has 0 aliphatic carbocycles. The van der Waals surface area contributed by atoms with Gasteiger partial charge in [0.1, 0.15) is 17.8 Å². The Balaban J connectivity index is 1.78. The first-order valence-corrected chi connectivity index (χ1v) is 9.16. The molecule has 2 N–H and O–H groups in total. The Kier molecular flexibility index (Phi) is 4.75. The third-order valence-electron chi connectivity index (χ3n) is 4.98. The molecule has 4 atom stereocenters. The van der Waals surface area contributed by atoms with E-state index < -0.39 is 57.4 Å². The van der Waals surface area contributed by atoms with Crippen LogP contribution in [0.25, 0.3) is 0 Å². The van der Waals surface area contributed by atoms with Crippen LogP contribution in [0.3, 0.4) is 0 Å². The van der Waals surface area contributed by atoms with E-state index in [4.69, 9.17) is 0 Å². The molecule has 0 unspecified atom stereocenters. The van der Waals surface area contributed by atoms with Crippen LogP contribution < -0.4 is 0 Å². The molecule has 9 heteroatoms. The highest BCUT2D eigenvalue weighted by atomic mass is 32.2. The minimum atomic E-state index is -1.50. The zero-order valence-electron chi connectivity index (χ0n) is 14.6. The van der Waals surface area contributed by atoms with E-state index in [1.807, 2.05) is 0 Å². The average Bonchev–Trinajstić information content (AvgIpc) is 2.82. The van der Waals surface area contributed by atoms with Gasteiger partial charge in [-0.2, -0.15) is 0 Å². The van der Waals surface area contributed by atoms with Crippen LogP contribution in [0, 0.1) is 11.7 Å². The summed E-state index contributed by atoms with van der Waals surface area (Å²) in [5, 5.41) is 18.4. The van der Waals surface area contributed by atoms with Gasteiger partial charge in [0.05, 0.1) is 11.3 Å². The Morgan fingerprint density at radius 2 is 1.81 bits per heavy atom. The van der Waals surface area contributed by atoms with Crippen molar-refractivity contribution in [3.05, 3.63) is 35.6 Å². The quantitative estimate of drug-likeness (QED) is 0.557. The summed E-state index contributed by atoms with van der Waals surface area (Å²) in [7, 11) is 0. The maximum Gasteiger partial charge on any atom is 0.327 e. The number of hydrogen-bond donors (Lipinski definition) is 2. The second-order valence-electron chi connectivity index (χ2n) is 7.20. The molecule has 3 rings (SSSR count). The maximum absolute atomic E-state index is 13.1. The molecule has 0 spiro atoms. The fourth-order valence-electron chi connectivity index (χ4n) is 3.73. The fraction of sp³-hybridized carbons (Fsp3) is 0.444. The van der Waals surface area contributed by atoms with E-state index in [0.29, 0.717) is 0 Å². The predicted octanol–water partition coefficient (Wildman–Crippen LogP) is 1.72. The van der Waals surface area contributed by atoms with E-state index in [1.165, 1.54) is 28.8 Å². The molecule has 0 radical (unpaired) electrons. The van der Waals surface area contributed by atoms with E-state index >= 15 is 0 Å². The van der Waals surface area contributed by atoms with E-state index in [0.717, 1.165) is 12.1 Å². The second-order valence-corrected chi connectivity index (χ2v) is 8.97. The van der Waals surface area contributed by atoms with Gasteiger partial charge in [0.2, 0.25) is 5.91 Å². The van der Waals surface area contributed by atoms with Crippen LogP contribution in [0.2, 0.25) is 0 Å². The molecular weight excluding hydrogens is 377 g/mol. The monoisotopic (exact) mass is 395 g/mol. The largest absolute Gasteiger partial charge is 0.480 e. The smallest absolute Gasteiger partial charge is 0.327 e. The minimum absolute atomic E-state index is 0.139. The molecule has 1 aromatic carbocycles. The third-order valence-corrected chi connectivity index (χ3v) is 6.61. The summed E-state index contributed by atoms with van der Waals surface area (Å²) >= 11 is 1.30. The van der Waals surface area contributed by atoms with Crippen molar-refractivity contribution in [2.45, 2.75) is 42.3 Å². The summed E-state index contributed by atoms with van der Waals surface area (Å²) in [6, 6.07) is 3.62. The number of benzene rings is 1. The zero-order valence-corrected chi connectivity index (χ0v) is 15.4. The second kappa shape index (κ2) is 6.63. The van der Waals surface area contributed by atoms with Crippen molar-refractivity contribution in [2.24, 2.45) is 5.92 Å². The lowest BCUT2D eigenvalue weighted by Gasteiger charge is -2.43. The molecule has 2 fully saturated rings. The number of thioether (sulfide) groups is 1. The van der Waals surface area contributed by atoms with Crippen LogP contribution in [-0.4, -0.2) is 54.9 Å². The van der Waals surface area contributed by atoms with Crippen LogP contribution in [0.15, 0.2) is 24.3 Å². The van der Waals surface area contributed by atoms with Crippen LogP contribution >= 0.6 is 11.8 Å². The first kappa shape index (κ1) is 19.3. The van der Waals surface area contributed by atoms with Gasteiger partial charge in [-0.1, -0.05) is 12.1 Å². The van der Waals surface area contributed by atoms with Gasteiger partial charge >= 0.3 is 11.9 Å². The van der Waals surface area contributed by atoms with Crippen molar-refractivity contribution >= 4 is 35.4 Å². The van der Waals surface area contributed by atoms with Crippen molar-refractivity contribution in [1.29, 1.82) is 0 Å². The lowest BCUT2D eigenvalue weighted by atomic mass is 9.83. The molecule has 144 valence electrons. The topological polar surface area (TPSA) is 112 Å². The average molecular weight is 395 g/mol. The number of carboxylic acids is 2. The molecule has 27 heavy (non-hydrogen) atoms. The van der Waals surface area contributed by atoms with Gasteiger partial charge in [0.15, 0.2) is 5.78 Å². The molecule has 1 amide bonds. The molecule has 2 heterocycles. The Bertz CT molecular complexity index is 824. The predicted molar refractivity (Wildman–Crippen MR) is 93.6 cm³/mol. The fourth-order valence-corrected chi connectivity index (χ4v) is 5.42. The van der Waals surface area contributed by atoms with Crippen LogP contribution in [0.1, 0.15) is 31.7 Å². The van der Waals surface area contributed by atoms with Crippen LogP contribution in [0.4, 0.5) is 4.39 Å². The van der Waals surface area contributed by atoms with Crippen molar-refractivity contribution in [2.75, 3.05) is 0 Å². The van der Waals surface area contributed by atoms with Gasteiger partial charge in [-0.05, 0) is 31.5 Å². The number of nitrogens with zero attached hydrogens (tertiary/aromatic N) is 1. The number of carbonyl (C=O) groups excluding carboxylic acids is 2.